The predicted molar refractivity (Wildman–Crippen MR) is 81.4 cm³/mol. The standard InChI is InChI=1S/C17H27NO2/c1-13(2)18-10-16-8-9-17(20-16)12-19-11-15-7-5-4-6-14(15)3/h4-5,8-9,13-15,18H,6-7,10-12H2,1-3H3. The van der Waals surface area contributed by atoms with Crippen LogP contribution in [0.15, 0.2) is 28.7 Å². The molecule has 20 heavy (non-hydrogen) atoms. The van der Waals surface area contributed by atoms with Gasteiger partial charge in [0.15, 0.2) is 0 Å². The third-order valence-corrected chi connectivity index (χ3v) is 3.90. The molecule has 0 bridgehead atoms. The molecule has 0 saturated carbocycles. The van der Waals surface area contributed by atoms with E-state index >= 15 is 0 Å². The minimum Gasteiger partial charge on any atom is -0.462 e. The van der Waals surface area contributed by atoms with E-state index in [0.29, 0.717) is 18.6 Å². The third kappa shape index (κ3) is 4.80. The van der Waals surface area contributed by atoms with E-state index in [9.17, 15) is 0 Å². The van der Waals surface area contributed by atoms with Gasteiger partial charge in [-0.15, -0.1) is 0 Å². The molecular formula is C17H27NO2. The molecule has 112 valence electrons. The van der Waals surface area contributed by atoms with Gasteiger partial charge in [0.25, 0.3) is 0 Å². The molecule has 0 radical (unpaired) electrons. The summed E-state index contributed by atoms with van der Waals surface area (Å²) in [6.07, 6.45) is 6.88. The SMILES string of the molecule is CC(C)NCc1ccc(COCC2CC=CCC2C)o1. The number of allylic oxidation sites excluding steroid dienone is 2. The van der Waals surface area contributed by atoms with Crippen molar-refractivity contribution in [2.75, 3.05) is 6.61 Å². The molecule has 0 spiro atoms. The monoisotopic (exact) mass is 277 g/mol. The first-order valence-electron chi connectivity index (χ1n) is 7.69. The summed E-state index contributed by atoms with van der Waals surface area (Å²) in [4.78, 5) is 0. The van der Waals surface area contributed by atoms with Gasteiger partial charge in [0.1, 0.15) is 18.1 Å². The molecule has 2 atom stereocenters. The fourth-order valence-electron chi connectivity index (χ4n) is 2.45. The zero-order valence-corrected chi connectivity index (χ0v) is 12.9. The summed E-state index contributed by atoms with van der Waals surface area (Å²) < 4.78 is 11.6. The average Bonchev–Trinajstić information content (AvgIpc) is 2.87. The van der Waals surface area contributed by atoms with Gasteiger partial charge in [-0.05, 0) is 36.8 Å². The van der Waals surface area contributed by atoms with Crippen molar-refractivity contribution >= 4 is 0 Å². The summed E-state index contributed by atoms with van der Waals surface area (Å²) in [6.45, 7) is 8.75. The average molecular weight is 277 g/mol. The maximum Gasteiger partial charge on any atom is 0.129 e. The highest BCUT2D eigenvalue weighted by molar-refractivity contribution is 5.06. The first kappa shape index (κ1) is 15.3. The number of hydrogen-bond donors (Lipinski definition) is 1. The molecule has 0 fully saturated rings. The minimum absolute atomic E-state index is 0.473. The molecule has 1 aliphatic rings. The number of hydrogen-bond acceptors (Lipinski definition) is 3. The number of ether oxygens (including phenoxy) is 1. The van der Waals surface area contributed by atoms with E-state index in [4.69, 9.17) is 9.15 Å². The summed E-state index contributed by atoms with van der Waals surface area (Å²) in [5, 5.41) is 3.35. The maximum atomic E-state index is 5.82. The Hall–Kier alpha value is -1.06. The smallest absolute Gasteiger partial charge is 0.129 e. The zero-order chi connectivity index (χ0) is 14.4. The van der Waals surface area contributed by atoms with E-state index in [2.05, 4.69) is 38.2 Å². The van der Waals surface area contributed by atoms with E-state index in [-0.39, 0.29) is 0 Å². The second-order valence-corrected chi connectivity index (χ2v) is 6.10. The van der Waals surface area contributed by atoms with Crippen molar-refractivity contribution in [2.24, 2.45) is 11.8 Å². The van der Waals surface area contributed by atoms with Gasteiger partial charge in [-0.2, -0.15) is 0 Å². The van der Waals surface area contributed by atoms with Crippen LogP contribution in [0, 0.1) is 11.8 Å². The summed E-state index contributed by atoms with van der Waals surface area (Å²) in [5.41, 5.74) is 0. The zero-order valence-electron chi connectivity index (χ0n) is 12.9. The van der Waals surface area contributed by atoms with Crippen molar-refractivity contribution in [3.05, 3.63) is 35.8 Å². The van der Waals surface area contributed by atoms with Crippen LogP contribution in [0.5, 0.6) is 0 Å². The fraction of sp³-hybridized carbons (Fsp3) is 0.647. The van der Waals surface area contributed by atoms with Crippen LogP contribution in [0.2, 0.25) is 0 Å². The molecule has 2 rings (SSSR count). The first-order valence-corrected chi connectivity index (χ1v) is 7.69. The van der Waals surface area contributed by atoms with E-state index < -0.39 is 0 Å². The second kappa shape index (κ2) is 7.65. The summed E-state index contributed by atoms with van der Waals surface area (Å²) in [5.74, 6) is 3.27. The summed E-state index contributed by atoms with van der Waals surface area (Å²) in [7, 11) is 0. The third-order valence-electron chi connectivity index (χ3n) is 3.90. The molecule has 3 nitrogen and oxygen atoms in total. The highest BCUT2D eigenvalue weighted by atomic mass is 16.5. The van der Waals surface area contributed by atoms with Crippen LogP contribution in [0.1, 0.15) is 45.1 Å². The van der Waals surface area contributed by atoms with Gasteiger partial charge < -0.3 is 14.5 Å². The number of furan rings is 1. The second-order valence-electron chi connectivity index (χ2n) is 6.10. The Morgan fingerprint density at radius 3 is 2.75 bits per heavy atom. The van der Waals surface area contributed by atoms with Crippen molar-refractivity contribution in [1.29, 1.82) is 0 Å². The molecule has 1 heterocycles. The van der Waals surface area contributed by atoms with Crippen molar-refractivity contribution < 1.29 is 9.15 Å². The van der Waals surface area contributed by atoms with E-state index in [0.717, 1.165) is 37.0 Å². The molecule has 0 aromatic carbocycles. The minimum atomic E-state index is 0.473. The van der Waals surface area contributed by atoms with Crippen LogP contribution in [0.3, 0.4) is 0 Å². The Balaban J connectivity index is 1.70. The van der Waals surface area contributed by atoms with E-state index in [1.54, 1.807) is 0 Å². The van der Waals surface area contributed by atoms with Gasteiger partial charge in [0.05, 0.1) is 13.2 Å². The highest BCUT2D eigenvalue weighted by Gasteiger charge is 2.18. The summed E-state index contributed by atoms with van der Waals surface area (Å²) in [6, 6.07) is 4.52. The number of rotatable bonds is 7. The van der Waals surface area contributed by atoms with Crippen LogP contribution >= 0.6 is 0 Å². The van der Waals surface area contributed by atoms with Crippen molar-refractivity contribution in [3.63, 3.8) is 0 Å². The van der Waals surface area contributed by atoms with Crippen LogP contribution < -0.4 is 5.32 Å². The molecule has 0 saturated heterocycles. The van der Waals surface area contributed by atoms with Crippen molar-refractivity contribution in [3.8, 4) is 0 Å². The fourth-order valence-corrected chi connectivity index (χ4v) is 2.45. The Bertz CT molecular complexity index is 422. The molecule has 0 aliphatic heterocycles. The van der Waals surface area contributed by atoms with Crippen LogP contribution in [0.25, 0.3) is 0 Å². The van der Waals surface area contributed by atoms with E-state index in [1.165, 1.54) is 6.42 Å². The van der Waals surface area contributed by atoms with Gasteiger partial charge in [-0.3, -0.25) is 0 Å². The van der Waals surface area contributed by atoms with Gasteiger partial charge in [0, 0.05) is 6.04 Å². The lowest BCUT2D eigenvalue weighted by Gasteiger charge is -2.24. The molecule has 1 aromatic heterocycles. The highest BCUT2D eigenvalue weighted by Crippen LogP contribution is 2.25. The van der Waals surface area contributed by atoms with Crippen LogP contribution in [0.4, 0.5) is 0 Å². The lowest BCUT2D eigenvalue weighted by atomic mass is 9.85. The summed E-state index contributed by atoms with van der Waals surface area (Å²) >= 11 is 0. The quantitative estimate of drug-likeness (QED) is 0.768. The van der Waals surface area contributed by atoms with E-state index in [1.807, 2.05) is 12.1 Å². The van der Waals surface area contributed by atoms with Crippen LogP contribution in [-0.2, 0) is 17.9 Å². The van der Waals surface area contributed by atoms with Crippen LogP contribution in [-0.4, -0.2) is 12.6 Å². The molecule has 1 aliphatic carbocycles. The Morgan fingerprint density at radius 2 is 2.00 bits per heavy atom. The Kier molecular flexibility index (Phi) is 5.86. The van der Waals surface area contributed by atoms with Gasteiger partial charge in [-0.1, -0.05) is 32.9 Å². The first-order chi connectivity index (χ1) is 9.65. The lowest BCUT2D eigenvalue weighted by molar-refractivity contribution is 0.0577. The molecule has 0 amide bonds. The lowest BCUT2D eigenvalue weighted by Crippen LogP contribution is -2.21. The van der Waals surface area contributed by atoms with Gasteiger partial charge in [-0.25, -0.2) is 0 Å². The van der Waals surface area contributed by atoms with Gasteiger partial charge >= 0.3 is 0 Å². The Labute approximate surface area is 122 Å². The normalized spacial score (nSPS) is 22.6. The largest absolute Gasteiger partial charge is 0.462 e. The maximum absolute atomic E-state index is 5.82. The molecule has 2 unspecified atom stereocenters. The predicted octanol–water partition coefficient (Wildman–Crippen LogP) is 3.90. The van der Waals surface area contributed by atoms with Gasteiger partial charge in [0.2, 0.25) is 0 Å². The number of nitrogens with one attached hydrogen (secondary N) is 1. The van der Waals surface area contributed by atoms with Crippen molar-refractivity contribution in [1.82, 2.24) is 5.32 Å². The Morgan fingerprint density at radius 1 is 1.25 bits per heavy atom. The van der Waals surface area contributed by atoms with Crippen molar-refractivity contribution in [2.45, 2.75) is 52.8 Å². The molecule has 3 heteroatoms. The molecular weight excluding hydrogens is 250 g/mol. The topological polar surface area (TPSA) is 34.4 Å². The molecule has 1 N–H and O–H groups in total. The molecule has 1 aromatic rings.